The Bertz CT molecular complexity index is 965. The van der Waals surface area contributed by atoms with Crippen molar-refractivity contribution in [3.8, 4) is 11.1 Å². The minimum atomic E-state index is -0.295. The van der Waals surface area contributed by atoms with Gasteiger partial charge in [-0.25, -0.2) is 4.39 Å². The van der Waals surface area contributed by atoms with E-state index in [1.54, 1.807) is 12.1 Å². The molecule has 2 heterocycles. The quantitative estimate of drug-likeness (QED) is 0.745. The molecule has 0 unspecified atom stereocenters. The fraction of sp³-hybridized carbons (Fsp3) is 0.238. The lowest BCUT2D eigenvalue weighted by Gasteiger charge is -2.27. The highest BCUT2D eigenvalue weighted by molar-refractivity contribution is 5.95. The van der Waals surface area contributed by atoms with Gasteiger partial charge in [-0.05, 0) is 42.2 Å². The standard InChI is InChI=1S/C21H21FN4O/c1-14-20(16-6-8-18(22)9-7-16)21(25-24-14)23-19(27)13-26-11-10-15-4-2-3-5-17(15)12-26/h2-9H,10-13H2,1H3,(H2,23,24,25,27). The van der Waals surface area contributed by atoms with Crippen LogP contribution in [0, 0.1) is 12.7 Å². The number of hydrogen-bond acceptors (Lipinski definition) is 3. The van der Waals surface area contributed by atoms with Crippen LogP contribution < -0.4 is 5.32 Å². The van der Waals surface area contributed by atoms with Crippen molar-refractivity contribution in [1.82, 2.24) is 15.1 Å². The molecule has 4 rings (SSSR count). The largest absolute Gasteiger partial charge is 0.308 e. The lowest BCUT2D eigenvalue weighted by Crippen LogP contribution is -2.37. The first-order chi connectivity index (χ1) is 13.1. The van der Waals surface area contributed by atoms with E-state index in [0.717, 1.165) is 36.3 Å². The van der Waals surface area contributed by atoms with Crippen LogP contribution in [-0.2, 0) is 17.8 Å². The van der Waals surface area contributed by atoms with Gasteiger partial charge < -0.3 is 5.32 Å². The molecule has 5 nitrogen and oxygen atoms in total. The first kappa shape index (κ1) is 17.4. The van der Waals surface area contributed by atoms with Gasteiger partial charge in [-0.15, -0.1) is 0 Å². The van der Waals surface area contributed by atoms with Gasteiger partial charge in [0.15, 0.2) is 5.82 Å². The predicted molar refractivity (Wildman–Crippen MR) is 103 cm³/mol. The third-order valence-corrected chi connectivity index (χ3v) is 4.91. The molecule has 1 aliphatic heterocycles. The summed E-state index contributed by atoms with van der Waals surface area (Å²) in [6.07, 6.45) is 0.950. The number of aromatic amines is 1. The Hall–Kier alpha value is -2.99. The number of hydrogen-bond donors (Lipinski definition) is 2. The molecule has 2 aromatic carbocycles. The second-order valence-corrected chi connectivity index (χ2v) is 6.86. The van der Waals surface area contributed by atoms with Crippen LogP contribution in [0.25, 0.3) is 11.1 Å². The van der Waals surface area contributed by atoms with Crippen molar-refractivity contribution in [1.29, 1.82) is 0 Å². The molecule has 0 saturated heterocycles. The van der Waals surface area contributed by atoms with Gasteiger partial charge in [0.25, 0.3) is 0 Å². The predicted octanol–water partition coefficient (Wildman–Crippen LogP) is 3.52. The van der Waals surface area contributed by atoms with Crippen LogP contribution in [0.4, 0.5) is 10.2 Å². The molecule has 0 bridgehead atoms. The topological polar surface area (TPSA) is 61.0 Å². The number of amides is 1. The lowest BCUT2D eigenvalue weighted by molar-refractivity contribution is -0.117. The number of fused-ring (bicyclic) bond motifs is 1. The third-order valence-electron chi connectivity index (χ3n) is 4.91. The van der Waals surface area contributed by atoms with E-state index in [2.05, 4.69) is 38.6 Å². The molecule has 0 saturated carbocycles. The maximum Gasteiger partial charge on any atom is 0.239 e. The highest BCUT2D eigenvalue weighted by Gasteiger charge is 2.20. The minimum Gasteiger partial charge on any atom is -0.308 e. The average molecular weight is 364 g/mol. The Morgan fingerprint density at radius 3 is 2.70 bits per heavy atom. The second-order valence-electron chi connectivity index (χ2n) is 6.86. The number of aromatic nitrogens is 2. The van der Waals surface area contributed by atoms with E-state index in [4.69, 9.17) is 0 Å². The molecule has 0 fully saturated rings. The number of carbonyl (C=O) groups excluding carboxylic acids is 1. The molecule has 138 valence electrons. The summed E-state index contributed by atoms with van der Waals surface area (Å²) in [6.45, 7) is 3.81. The molecule has 6 heteroatoms. The number of carbonyl (C=O) groups is 1. The summed E-state index contributed by atoms with van der Waals surface area (Å²) in [5.41, 5.74) is 5.05. The molecule has 0 radical (unpaired) electrons. The van der Waals surface area contributed by atoms with Gasteiger partial charge in [0.05, 0.1) is 6.54 Å². The summed E-state index contributed by atoms with van der Waals surface area (Å²) in [5, 5.41) is 10.0. The van der Waals surface area contributed by atoms with Crippen molar-refractivity contribution in [3.05, 3.63) is 71.2 Å². The number of H-pyrrole nitrogens is 1. The Morgan fingerprint density at radius 1 is 1.19 bits per heavy atom. The molecule has 1 aromatic heterocycles. The summed E-state index contributed by atoms with van der Waals surface area (Å²) in [4.78, 5) is 14.7. The van der Waals surface area contributed by atoms with Gasteiger partial charge in [-0.3, -0.25) is 14.8 Å². The van der Waals surface area contributed by atoms with Gasteiger partial charge in [0.1, 0.15) is 5.82 Å². The number of aryl methyl sites for hydroxylation is 1. The third kappa shape index (κ3) is 3.75. The van der Waals surface area contributed by atoms with Gasteiger partial charge in [-0.2, -0.15) is 5.10 Å². The van der Waals surface area contributed by atoms with E-state index in [1.807, 2.05) is 13.0 Å². The molecular weight excluding hydrogens is 343 g/mol. The Labute approximate surface area is 157 Å². The fourth-order valence-electron chi connectivity index (χ4n) is 3.55. The lowest BCUT2D eigenvalue weighted by atomic mass is 10.00. The smallest absolute Gasteiger partial charge is 0.239 e. The maximum atomic E-state index is 13.2. The summed E-state index contributed by atoms with van der Waals surface area (Å²) < 4.78 is 13.2. The molecule has 2 N–H and O–H groups in total. The molecule has 3 aromatic rings. The monoisotopic (exact) mass is 364 g/mol. The highest BCUT2D eigenvalue weighted by Crippen LogP contribution is 2.29. The van der Waals surface area contributed by atoms with Gasteiger partial charge >= 0.3 is 0 Å². The van der Waals surface area contributed by atoms with E-state index >= 15 is 0 Å². The van der Waals surface area contributed by atoms with Crippen LogP contribution in [0.5, 0.6) is 0 Å². The molecule has 0 spiro atoms. The molecule has 1 amide bonds. The van der Waals surface area contributed by atoms with Crippen LogP contribution in [-0.4, -0.2) is 34.1 Å². The first-order valence-corrected chi connectivity index (χ1v) is 9.00. The number of halogens is 1. The molecule has 0 atom stereocenters. The number of nitrogens with one attached hydrogen (secondary N) is 2. The highest BCUT2D eigenvalue weighted by atomic mass is 19.1. The van der Waals surface area contributed by atoms with E-state index in [0.29, 0.717) is 12.4 Å². The van der Waals surface area contributed by atoms with Crippen LogP contribution in [0.1, 0.15) is 16.8 Å². The minimum absolute atomic E-state index is 0.107. The zero-order valence-electron chi connectivity index (χ0n) is 15.1. The number of benzene rings is 2. The summed E-state index contributed by atoms with van der Waals surface area (Å²) in [5.74, 6) is 0.0709. The molecule has 1 aliphatic rings. The van der Waals surface area contributed by atoms with E-state index in [1.165, 1.54) is 23.3 Å². The Kier molecular flexibility index (Phi) is 4.73. The number of nitrogens with zero attached hydrogens (tertiary/aromatic N) is 2. The van der Waals surface area contributed by atoms with Crippen molar-refractivity contribution >= 4 is 11.7 Å². The van der Waals surface area contributed by atoms with Crippen molar-refractivity contribution in [3.63, 3.8) is 0 Å². The number of rotatable bonds is 4. The Morgan fingerprint density at radius 2 is 1.93 bits per heavy atom. The number of anilines is 1. The van der Waals surface area contributed by atoms with E-state index in [9.17, 15) is 9.18 Å². The average Bonchev–Trinajstić information content (AvgIpc) is 3.02. The van der Waals surface area contributed by atoms with Crippen molar-refractivity contribution in [2.75, 3.05) is 18.4 Å². The van der Waals surface area contributed by atoms with Crippen molar-refractivity contribution in [2.24, 2.45) is 0 Å². The molecule has 0 aliphatic carbocycles. The first-order valence-electron chi connectivity index (χ1n) is 9.00. The maximum absolute atomic E-state index is 13.2. The normalized spacial score (nSPS) is 14.0. The van der Waals surface area contributed by atoms with E-state index < -0.39 is 0 Å². The zero-order valence-corrected chi connectivity index (χ0v) is 15.1. The zero-order chi connectivity index (χ0) is 18.8. The van der Waals surface area contributed by atoms with Gasteiger partial charge in [0.2, 0.25) is 5.91 Å². The summed E-state index contributed by atoms with van der Waals surface area (Å²) >= 11 is 0. The van der Waals surface area contributed by atoms with Gasteiger partial charge in [0, 0.05) is 24.3 Å². The van der Waals surface area contributed by atoms with Crippen LogP contribution >= 0.6 is 0 Å². The summed E-state index contributed by atoms with van der Waals surface area (Å²) in [6, 6.07) is 14.5. The van der Waals surface area contributed by atoms with Crippen molar-refractivity contribution < 1.29 is 9.18 Å². The second kappa shape index (κ2) is 7.32. The SMILES string of the molecule is Cc1[nH]nc(NC(=O)CN2CCc3ccccc3C2)c1-c1ccc(F)cc1. The summed E-state index contributed by atoms with van der Waals surface area (Å²) in [7, 11) is 0. The molecule has 27 heavy (non-hydrogen) atoms. The molecular formula is C21H21FN4O. The van der Waals surface area contributed by atoms with E-state index in [-0.39, 0.29) is 11.7 Å². The van der Waals surface area contributed by atoms with Crippen LogP contribution in [0.3, 0.4) is 0 Å². The van der Waals surface area contributed by atoms with Crippen LogP contribution in [0.15, 0.2) is 48.5 Å². The van der Waals surface area contributed by atoms with Crippen molar-refractivity contribution in [2.45, 2.75) is 19.9 Å². The van der Waals surface area contributed by atoms with Crippen LogP contribution in [0.2, 0.25) is 0 Å². The van der Waals surface area contributed by atoms with Gasteiger partial charge in [-0.1, -0.05) is 36.4 Å². The Balaban J connectivity index is 1.46. The fourth-order valence-corrected chi connectivity index (χ4v) is 3.55.